The lowest BCUT2D eigenvalue weighted by atomic mass is 10.0. The van der Waals surface area contributed by atoms with Crippen LogP contribution in [0.5, 0.6) is 0 Å². The number of hydrazone groups is 1. The number of fused-ring (bicyclic) bond motifs is 1. The molecule has 132 valence electrons. The summed E-state index contributed by atoms with van der Waals surface area (Å²) in [4.78, 5) is 12.1. The fourth-order valence-electron chi connectivity index (χ4n) is 2.45. The van der Waals surface area contributed by atoms with Gasteiger partial charge in [0.25, 0.3) is 0 Å². The van der Waals surface area contributed by atoms with Gasteiger partial charge in [-0.3, -0.25) is 4.79 Å². The minimum Gasteiger partial charge on any atom is -0.382 e. The Morgan fingerprint density at radius 3 is 2.85 bits per heavy atom. The van der Waals surface area contributed by atoms with E-state index in [0.29, 0.717) is 6.54 Å². The third-order valence-electron chi connectivity index (χ3n) is 3.89. The highest BCUT2D eigenvalue weighted by atomic mass is 32.1. The molecule has 0 unspecified atom stereocenters. The third-order valence-corrected chi connectivity index (χ3v) is 4.45. The Balaban J connectivity index is 1.64. The smallest absolute Gasteiger partial charge is 0.244 e. The van der Waals surface area contributed by atoms with Crippen LogP contribution < -0.4 is 16.9 Å². The van der Waals surface area contributed by atoms with Crippen molar-refractivity contribution in [3.63, 3.8) is 0 Å². The minimum atomic E-state index is -0.191. The number of rotatable bonds is 5. The van der Waals surface area contributed by atoms with Crippen molar-refractivity contribution < 1.29 is 4.79 Å². The van der Waals surface area contributed by atoms with Crippen LogP contribution in [-0.4, -0.2) is 20.5 Å². The minimum absolute atomic E-state index is 0.191. The number of amides is 1. The first-order valence-corrected chi connectivity index (χ1v) is 8.61. The molecule has 0 aliphatic heterocycles. The van der Waals surface area contributed by atoms with Crippen molar-refractivity contribution in [3.05, 3.63) is 64.7 Å². The highest BCUT2D eigenvalue weighted by Gasteiger charge is 2.04. The molecule has 0 spiro atoms. The standard InChI is InChI=1S/C18H18N6OS/c1-11-2-3-12(8-14(11)18(19)22-20)5-7-17(25)21-10-13-4-6-15-16(9-13)24-26-23-15/h2-9H,10,20H2,1H3,(H2,19,22)(H,21,25)/b7-5+. The Hall–Kier alpha value is -3.26. The van der Waals surface area contributed by atoms with Gasteiger partial charge in [0, 0.05) is 18.2 Å². The Labute approximate surface area is 154 Å². The maximum Gasteiger partial charge on any atom is 0.244 e. The molecule has 3 aromatic rings. The quantitative estimate of drug-likeness (QED) is 0.209. The monoisotopic (exact) mass is 366 g/mol. The van der Waals surface area contributed by atoms with E-state index in [2.05, 4.69) is 19.2 Å². The predicted molar refractivity (Wildman–Crippen MR) is 104 cm³/mol. The molecule has 7 nitrogen and oxygen atoms in total. The summed E-state index contributed by atoms with van der Waals surface area (Å²) < 4.78 is 8.35. The van der Waals surface area contributed by atoms with Gasteiger partial charge in [0.05, 0.1) is 11.7 Å². The summed E-state index contributed by atoms with van der Waals surface area (Å²) in [6, 6.07) is 11.4. The zero-order valence-electron chi connectivity index (χ0n) is 14.1. The number of amidine groups is 1. The van der Waals surface area contributed by atoms with Crippen LogP contribution in [0.3, 0.4) is 0 Å². The van der Waals surface area contributed by atoms with E-state index in [9.17, 15) is 4.79 Å². The highest BCUT2D eigenvalue weighted by molar-refractivity contribution is 7.00. The van der Waals surface area contributed by atoms with Crippen molar-refractivity contribution in [1.82, 2.24) is 14.1 Å². The predicted octanol–water partition coefficient (Wildman–Crippen LogP) is 1.91. The molecule has 0 saturated carbocycles. The Morgan fingerprint density at radius 2 is 2.04 bits per heavy atom. The number of benzene rings is 2. The number of aromatic nitrogens is 2. The van der Waals surface area contributed by atoms with Crippen molar-refractivity contribution in [1.29, 1.82) is 0 Å². The molecule has 1 amide bonds. The number of hydrogen-bond acceptors (Lipinski definition) is 6. The first-order valence-electron chi connectivity index (χ1n) is 7.88. The normalized spacial score (nSPS) is 12.0. The van der Waals surface area contributed by atoms with E-state index in [1.807, 2.05) is 43.3 Å². The van der Waals surface area contributed by atoms with Gasteiger partial charge in [-0.25, -0.2) is 0 Å². The van der Waals surface area contributed by atoms with Crippen molar-refractivity contribution in [2.24, 2.45) is 16.7 Å². The van der Waals surface area contributed by atoms with Crippen molar-refractivity contribution in [2.75, 3.05) is 0 Å². The van der Waals surface area contributed by atoms with Gasteiger partial charge in [-0.1, -0.05) is 18.2 Å². The average Bonchev–Trinajstić information content (AvgIpc) is 3.12. The van der Waals surface area contributed by atoms with Gasteiger partial charge in [0.1, 0.15) is 11.0 Å². The zero-order valence-corrected chi connectivity index (χ0v) is 15.0. The van der Waals surface area contributed by atoms with Gasteiger partial charge in [-0.15, -0.1) is 0 Å². The summed E-state index contributed by atoms with van der Waals surface area (Å²) in [7, 11) is 0. The van der Waals surface area contributed by atoms with Crippen LogP contribution >= 0.6 is 11.7 Å². The molecule has 8 heteroatoms. The number of nitrogens with one attached hydrogen (secondary N) is 1. The van der Waals surface area contributed by atoms with Crippen LogP contribution in [-0.2, 0) is 11.3 Å². The molecule has 0 aliphatic rings. The topological polar surface area (TPSA) is 119 Å². The van der Waals surface area contributed by atoms with Crippen LogP contribution in [0.2, 0.25) is 0 Å². The van der Waals surface area contributed by atoms with Crippen LogP contribution in [0.1, 0.15) is 22.3 Å². The van der Waals surface area contributed by atoms with Gasteiger partial charge < -0.3 is 16.9 Å². The molecule has 26 heavy (non-hydrogen) atoms. The molecule has 1 heterocycles. The van der Waals surface area contributed by atoms with Gasteiger partial charge >= 0.3 is 0 Å². The van der Waals surface area contributed by atoms with Gasteiger partial charge in [-0.2, -0.15) is 13.8 Å². The maximum absolute atomic E-state index is 12.1. The summed E-state index contributed by atoms with van der Waals surface area (Å²) >= 11 is 1.17. The summed E-state index contributed by atoms with van der Waals surface area (Å²) in [6.07, 6.45) is 3.20. The number of carbonyl (C=O) groups is 1. The number of nitrogens with two attached hydrogens (primary N) is 2. The summed E-state index contributed by atoms with van der Waals surface area (Å²) in [6.45, 7) is 2.34. The Bertz CT molecular complexity index is 1010. The molecule has 0 atom stereocenters. The van der Waals surface area contributed by atoms with E-state index in [-0.39, 0.29) is 11.7 Å². The van der Waals surface area contributed by atoms with Crippen LogP contribution in [0.25, 0.3) is 17.1 Å². The molecule has 1 aromatic heterocycles. The number of hydrogen-bond donors (Lipinski definition) is 3. The molecular weight excluding hydrogens is 348 g/mol. The molecule has 2 aromatic carbocycles. The summed E-state index contributed by atoms with van der Waals surface area (Å²) in [5, 5.41) is 6.37. The van der Waals surface area contributed by atoms with Gasteiger partial charge in [0.15, 0.2) is 5.84 Å². The molecule has 3 rings (SSSR count). The zero-order chi connectivity index (χ0) is 18.5. The lowest BCUT2D eigenvalue weighted by molar-refractivity contribution is -0.116. The van der Waals surface area contributed by atoms with Gasteiger partial charge in [0.2, 0.25) is 5.91 Å². The van der Waals surface area contributed by atoms with Gasteiger partial charge in [-0.05, 0) is 47.9 Å². The summed E-state index contributed by atoms with van der Waals surface area (Å²) in [5.41, 5.74) is 11.0. The average molecular weight is 366 g/mol. The second-order valence-electron chi connectivity index (χ2n) is 5.73. The lowest BCUT2D eigenvalue weighted by Crippen LogP contribution is -2.20. The first kappa shape index (κ1) is 17.6. The van der Waals surface area contributed by atoms with Crippen molar-refractivity contribution in [3.8, 4) is 0 Å². The van der Waals surface area contributed by atoms with E-state index >= 15 is 0 Å². The molecular formula is C18H18N6OS. The second kappa shape index (κ2) is 7.75. The van der Waals surface area contributed by atoms with E-state index < -0.39 is 0 Å². The first-order chi connectivity index (χ1) is 12.6. The molecule has 5 N–H and O–H groups in total. The van der Waals surface area contributed by atoms with E-state index in [4.69, 9.17) is 11.6 Å². The molecule has 0 aliphatic carbocycles. The maximum atomic E-state index is 12.1. The summed E-state index contributed by atoms with van der Waals surface area (Å²) in [5.74, 6) is 5.31. The molecule has 0 bridgehead atoms. The van der Waals surface area contributed by atoms with Crippen LogP contribution in [0.4, 0.5) is 0 Å². The van der Waals surface area contributed by atoms with E-state index in [1.165, 1.54) is 17.8 Å². The van der Waals surface area contributed by atoms with Crippen molar-refractivity contribution >= 4 is 40.6 Å². The SMILES string of the molecule is Cc1ccc(/C=C/C(=O)NCc2ccc3nsnc3c2)cc1/C(N)=N\N. The second-order valence-corrected chi connectivity index (χ2v) is 6.26. The number of carbonyl (C=O) groups excluding carboxylic acids is 1. The lowest BCUT2D eigenvalue weighted by Gasteiger charge is -2.06. The van der Waals surface area contributed by atoms with Crippen molar-refractivity contribution in [2.45, 2.75) is 13.5 Å². The fourth-order valence-corrected chi connectivity index (χ4v) is 2.96. The highest BCUT2D eigenvalue weighted by Crippen LogP contribution is 2.14. The van der Waals surface area contributed by atoms with Crippen LogP contribution in [0, 0.1) is 6.92 Å². The largest absolute Gasteiger partial charge is 0.382 e. The number of nitrogens with zero attached hydrogens (tertiary/aromatic N) is 3. The fraction of sp³-hybridized carbons (Fsp3) is 0.111. The van der Waals surface area contributed by atoms with E-state index in [1.54, 1.807) is 6.08 Å². The molecule has 0 saturated heterocycles. The van der Waals surface area contributed by atoms with E-state index in [0.717, 1.165) is 33.3 Å². The molecule has 0 radical (unpaired) electrons. The van der Waals surface area contributed by atoms with Crippen LogP contribution in [0.15, 0.2) is 47.6 Å². The Kier molecular flexibility index (Phi) is 5.23. The number of aryl methyl sites for hydroxylation is 1. The Morgan fingerprint density at radius 1 is 1.23 bits per heavy atom. The molecule has 0 fully saturated rings. The third kappa shape index (κ3) is 4.04.